The molecule has 34 heavy (non-hydrogen) atoms. The summed E-state index contributed by atoms with van der Waals surface area (Å²) in [5.41, 5.74) is 1.49. The lowest BCUT2D eigenvalue weighted by Crippen LogP contribution is -2.46. The summed E-state index contributed by atoms with van der Waals surface area (Å²) in [6.07, 6.45) is 0.269. The highest BCUT2D eigenvalue weighted by atomic mass is 16.2. The van der Waals surface area contributed by atoms with Gasteiger partial charge in [0.15, 0.2) is 11.3 Å². The lowest BCUT2D eigenvalue weighted by atomic mass is 9.83. The molecule has 1 fully saturated rings. The Bertz CT molecular complexity index is 1210. The summed E-state index contributed by atoms with van der Waals surface area (Å²) < 4.78 is 0. The van der Waals surface area contributed by atoms with Crippen LogP contribution in [0.5, 0.6) is 0 Å². The fourth-order valence-electron chi connectivity index (χ4n) is 4.08. The third kappa shape index (κ3) is 4.73. The van der Waals surface area contributed by atoms with Gasteiger partial charge in [-0.3, -0.25) is 19.3 Å². The van der Waals surface area contributed by atoms with Crippen LogP contribution in [0.2, 0.25) is 0 Å². The fraction of sp³-hybridized carbons (Fsp3) is 0.185. The van der Waals surface area contributed by atoms with Gasteiger partial charge in [0.05, 0.1) is 6.54 Å². The van der Waals surface area contributed by atoms with Gasteiger partial charge >= 0.3 is 6.03 Å². The molecular weight excluding hydrogens is 430 g/mol. The van der Waals surface area contributed by atoms with Gasteiger partial charge < -0.3 is 10.6 Å². The molecule has 2 N–H and O–H groups in total. The molecule has 4 rings (SSSR count). The summed E-state index contributed by atoms with van der Waals surface area (Å²) in [5, 5.41) is 5.57. The van der Waals surface area contributed by atoms with Crippen LogP contribution in [-0.2, 0) is 28.1 Å². The quantitative estimate of drug-likeness (QED) is 0.403. The van der Waals surface area contributed by atoms with E-state index >= 15 is 0 Å². The molecular formula is C27H25N3O4. The van der Waals surface area contributed by atoms with E-state index in [4.69, 9.17) is 0 Å². The van der Waals surface area contributed by atoms with Crippen molar-refractivity contribution < 1.29 is 19.2 Å². The second-order valence-corrected chi connectivity index (χ2v) is 8.29. The molecule has 0 spiro atoms. The van der Waals surface area contributed by atoms with Crippen LogP contribution in [-0.4, -0.2) is 35.1 Å². The minimum absolute atomic E-state index is 0.142. The average molecular weight is 456 g/mol. The van der Waals surface area contributed by atoms with Crippen molar-refractivity contribution in [2.45, 2.75) is 25.4 Å². The molecule has 172 valence electrons. The number of imide groups is 1. The van der Waals surface area contributed by atoms with Gasteiger partial charge in [-0.2, -0.15) is 0 Å². The van der Waals surface area contributed by atoms with E-state index in [0.717, 1.165) is 16.0 Å². The second kappa shape index (κ2) is 9.70. The highest BCUT2D eigenvalue weighted by Crippen LogP contribution is 2.33. The second-order valence-electron chi connectivity index (χ2n) is 8.29. The highest BCUT2D eigenvalue weighted by Gasteiger charge is 2.52. The van der Waals surface area contributed by atoms with Crippen molar-refractivity contribution >= 4 is 23.6 Å². The van der Waals surface area contributed by atoms with E-state index in [-0.39, 0.29) is 24.7 Å². The Kier molecular flexibility index (Phi) is 6.54. The Morgan fingerprint density at radius 1 is 0.853 bits per heavy atom. The summed E-state index contributed by atoms with van der Waals surface area (Å²) in [4.78, 5) is 51.6. The van der Waals surface area contributed by atoms with Crippen molar-refractivity contribution in [3.05, 3.63) is 107 Å². The third-order valence-electron chi connectivity index (χ3n) is 5.87. The topological polar surface area (TPSA) is 95.6 Å². The smallest absolute Gasteiger partial charge is 0.325 e. The van der Waals surface area contributed by atoms with Crippen molar-refractivity contribution in [3.63, 3.8) is 0 Å². The molecule has 1 atom stereocenters. The summed E-state index contributed by atoms with van der Waals surface area (Å²) in [7, 11) is 0. The number of hydrogen-bond donors (Lipinski definition) is 2. The van der Waals surface area contributed by atoms with Crippen LogP contribution in [0.25, 0.3) is 0 Å². The summed E-state index contributed by atoms with van der Waals surface area (Å²) in [6.45, 7) is 1.43. The number of urea groups is 1. The number of ketones is 1. The first-order valence-corrected chi connectivity index (χ1v) is 11.0. The monoisotopic (exact) mass is 455 g/mol. The predicted molar refractivity (Wildman–Crippen MR) is 127 cm³/mol. The van der Waals surface area contributed by atoms with E-state index in [1.807, 2.05) is 48.5 Å². The summed E-state index contributed by atoms with van der Waals surface area (Å²) in [6, 6.07) is 24.7. The normalized spacial score (nSPS) is 17.4. The molecule has 3 aromatic rings. The van der Waals surface area contributed by atoms with Crippen molar-refractivity contribution in [1.82, 2.24) is 15.5 Å². The Morgan fingerprint density at radius 2 is 1.47 bits per heavy atom. The summed E-state index contributed by atoms with van der Waals surface area (Å²) >= 11 is 0. The van der Waals surface area contributed by atoms with Crippen LogP contribution < -0.4 is 10.6 Å². The molecule has 1 aliphatic heterocycles. The number of hydrogen-bond acceptors (Lipinski definition) is 4. The standard InChI is InChI=1S/C27H25N3O4/c1-19(31)28-17-21-12-14-22(15-13-21)24(32)18-30-25(33)27(29-26(30)34,23-10-6-3-7-11-23)16-20-8-4-2-5-9-20/h2-15H,16-18H2,1H3,(H,28,31)(H,29,34)/t27-/m1/s1. The molecule has 7 nitrogen and oxygen atoms in total. The van der Waals surface area contributed by atoms with E-state index < -0.39 is 17.5 Å². The lowest BCUT2D eigenvalue weighted by molar-refractivity contribution is -0.131. The van der Waals surface area contributed by atoms with Crippen LogP contribution in [0, 0.1) is 0 Å². The van der Waals surface area contributed by atoms with Crippen LogP contribution in [0.1, 0.15) is 34.0 Å². The number of amides is 4. The molecule has 3 aromatic carbocycles. The molecule has 4 amide bonds. The van der Waals surface area contributed by atoms with E-state index in [1.165, 1.54) is 6.92 Å². The molecule has 0 radical (unpaired) electrons. The van der Waals surface area contributed by atoms with Crippen LogP contribution in [0.4, 0.5) is 4.79 Å². The SMILES string of the molecule is CC(=O)NCc1ccc(C(=O)CN2C(=O)N[C@](Cc3ccccc3)(c3ccccc3)C2=O)cc1. The highest BCUT2D eigenvalue weighted by molar-refractivity contribution is 6.11. The zero-order valence-corrected chi connectivity index (χ0v) is 18.8. The first kappa shape index (κ1) is 22.9. The molecule has 1 heterocycles. The maximum atomic E-state index is 13.7. The van der Waals surface area contributed by atoms with Gasteiger partial charge in [0.1, 0.15) is 0 Å². The van der Waals surface area contributed by atoms with Gasteiger partial charge in [0, 0.05) is 25.5 Å². The van der Waals surface area contributed by atoms with Gasteiger partial charge in [0.25, 0.3) is 5.91 Å². The molecule has 7 heteroatoms. The zero-order valence-electron chi connectivity index (χ0n) is 18.8. The molecule has 1 aliphatic rings. The Hall–Kier alpha value is -4.26. The number of benzene rings is 3. The Balaban J connectivity index is 1.56. The van der Waals surface area contributed by atoms with Gasteiger partial charge in [-0.05, 0) is 16.7 Å². The third-order valence-corrected chi connectivity index (χ3v) is 5.87. The lowest BCUT2D eigenvalue weighted by Gasteiger charge is -2.27. The number of rotatable bonds is 8. The minimum atomic E-state index is -1.29. The van der Waals surface area contributed by atoms with Crippen molar-refractivity contribution in [2.24, 2.45) is 0 Å². The van der Waals surface area contributed by atoms with Crippen molar-refractivity contribution in [2.75, 3.05) is 6.54 Å². The van der Waals surface area contributed by atoms with Gasteiger partial charge in [-0.15, -0.1) is 0 Å². The fourth-order valence-corrected chi connectivity index (χ4v) is 4.08. The Morgan fingerprint density at radius 3 is 2.09 bits per heavy atom. The van der Waals surface area contributed by atoms with Gasteiger partial charge in [0.2, 0.25) is 5.91 Å². The molecule has 0 unspecified atom stereocenters. The molecule has 0 aromatic heterocycles. The van der Waals surface area contributed by atoms with E-state index in [9.17, 15) is 19.2 Å². The maximum Gasteiger partial charge on any atom is 0.325 e. The van der Waals surface area contributed by atoms with Crippen LogP contribution >= 0.6 is 0 Å². The van der Waals surface area contributed by atoms with Crippen LogP contribution in [0.3, 0.4) is 0 Å². The van der Waals surface area contributed by atoms with Gasteiger partial charge in [-0.1, -0.05) is 84.9 Å². The van der Waals surface area contributed by atoms with Crippen LogP contribution in [0.15, 0.2) is 84.9 Å². The summed E-state index contributed by atoms with van der Waals surface area (Å²) in [5.74, 6) is -0.947. The molecule has 0 saturated carbocycles. The number of carbonyl (C=O) groups excluding carboxylic acids is 4. The van der Waals surface area contributed by atoms with E-state index in [0.29, 0.717) is 17.7 Å². The predicted octanol–water partition coefficient (Wildman–Crippen LogP) is 3.20. The largest absolute Gasteiger partial charge is 0.352 e. The first-order chi connectivity index (χ1) is 16.4. The first-order valence-electron chi connectivity index (χ1n) is 11.0. The zero-order chi connectivity index (χ0) is 24.1. The number of carbonyl (C=O) groups is 4. The number of nitrogens with zero attached hydrogens (tertiary/aromatic N) is 1. The van der Waals surface area contributed by atoms with Crippen molar-refractivity contribution in [3.8, 4) is 0 Å². The molecule has 0 aliphatic carbocycles. The molecule has 1 saturated heterocycles. The van der Waals surface area contributed by atoms with Gasteiger partial charge in [-0.25, -0.2) is 4.79 Å². The average Bonchev–Trinajstić information content (AvgIpc) is 3.09. The Labute approximate surface area is 197 Å². The van der Waals surface area contributed by atoms with E-state index in [1.54, 1.807) is 36.4 Å². The minimum Gasteiger partial charge on any atom is -0.352 e. The number of Topliss-reactive ketones (excluding diaryl/α,β-unsaturated/α-hetero) is 1. The van der Waals surface area contributed by atoms with E-state index in [2.05, 4.69) is 10.6 Å². The molecule has 0 bridgehead atoms. The number of nitrogens with one attached hydrogen (secondary N) is 2. The van der Waals surface area contributed by atoms with Crippen molar-refractivity contribution in [1.29, 1.82) is 0 Å². The maximum absolute atomic E-state index is 13.7.